The highest BCUT2D eigenvalue weighted by molar-refractivity contribution is 8.77. The number of aromatic nitrogens is 1. The van der Waals surface area contributed by atoms with Crippen LogP contribution in [0.25, 0.3) is 10.2 Å². The van der Waals surface area contributed by atoms with Crippen molar-refractivity contribution in [2.45, 2.75) is 20.4 Å². The first-order valence-corrected chi connectivity index (χ1v) is 13.2. The summed E-state index contributed by atoms with van der Waals surface area (Å²) in [6.07, 6.45) is 0.336. The summed E-state index contributed by atoms with van der Waals surface area (Å²) in [5, 5.41) is 8.71. The Morgan fingerprint density at radius 3 is 2.78 bits per heavy atom. The molecule has 3 rings (SSSR count). The van der Waals surface area contributed by atoms with Gasteiger partial charge in [-0.3, -0.25) is 9.59 Å². The van der Waals surface area contributed by atoms with Crippen molar-refractivity contribution in [3.63, 3.8) is 0 Å². The number of thiazole rings is 1. The van der Waals surface area contributed by atoms with Crippen molar-refractivity contribution in [2.75, 3.05) is 13.2 Å². The Balaban J connectivity index is 1.66. The van der Waals surface area contributed by atoms with E-state index in [1.165, 1.54) is 44.0 Å². The van der Waals surface area contributed by atoms with Gasteiger partial charge in [0.25, 0.3) is 0 Å². The fourth-order valence-corrected chi connectivity index (χ4v) is 7.22. The lowest BCUT2D eigenvalue weighted by Crippen LogP contribution is -2.62. The third-order valence-electron chi connectivity index (χ3n) is 4.32. The van der Waals surface area contributed by atoms with E-state index in [9.17, 15) is 14.4 Å². The Hall–Kier alpha value is -1.24. The standard InChI is InChI=1S/C18H16Cl3N3O5S3/c1-9(6-22-16(28)29-8-18(19,20)21)13-14(27)24(7-12(25)26)15(13)31-32-17-23-10-4-2-3-5-11(10)30-17/h2-6,9,13,15H,7-8H2,1H3,(H,25,26)/t9?,13-,15?/m1/s1. The van der Waals surface area contributed by atoms with Gasteiger partial charge in [0.05, 0.1) is 16.1 Å². The van der Waals surface area contributed by atoms with Crippen LogP contribution >= 0.6 is 67.7 Å². The van der Waals surface area contributed by atoms with E-state index in [0.717, 1.165) is 14.6 Å². The van der Waals surface area contributed by atoms with E-state index in [2.05, 4.69) is 9.98 Å². The lowest BCUT2D eigenvalue weighted by Gasteiger charge is -2.47. The summed E-state index contributed by atoms with van der Waals surface area (Å²) in [4.78, 5) is 45.0. The van der Waals surface area contributed by atoms with Crippen molar-refractivity contribution in [3.05, 3.63) is 24.3 Å². The number of amides is 2. The molecule has 2 aromatic rings. The number of benzene rings is 1. The SMILES string of the molecule is CC(C=NC(=O)OCC(Cl)(Cl)Cl)[C@@H]1C(=O)N(CC(=O)O)C1SSc1nc2ccccc2s1. The Kier molecular flexibility index (Phi) is 8.56. The second kappa shape index (κ2) is 10.8. The average molecular weight is 557 g/mol. The van der Waals surface area contributed by atoms with Crippen LogP contribution in [-0.2, 0) is 14.3 Å². The molecule has 1 saturated heterocycles. The van der Waals surface area contributed by atoms with E-state index < -0.39 is 46.2 Å². The number of alkyl halides is 3. The van der Waals surface area contributed by atoms with Crippen LogP contribution in [0.2, 0.25) is 0 Å². The third-order valence-corrected chi connectivity index (χ3v) is 8.72. The number of ether oxygens (including phenoxy) is 1. The molecule has 3 atom stereocenters. The zero-order valence-electron chi connectivity index (χ0n) is 16.3. The normalized spacial score (nSPS) is 19.9. The minimum absolute atomic E-state index is 0.330. The second-order valence-electron chi connectivity index (χ2n) is 6.71. The third kappa shape index (κ3) is 6.64. The fourth-order valence-electron chi connectivity index (χ4n) is 2.89. The number of para-hydroxylation sites is 1. The number of halogens is 3. The molecule has 1 aliphatic rings. The van der Waals surface area contributed by atoms with Crippen molar-refractivity contribution in [3.8, 4) is 0 Å². The number of nitrogens with zero attached hydrogens (tertiary/aromatic N) is 3. The number of fused-ring (bicyclic) bond motifs is 1. The molecule has 2 unspecified atom stereocenters. The van der Waals surface area contributed by atoms with Crippen molar-refractivity contribution in [2.24, 2.45) is 16.8 Å². The predicted octanol–water partition coefficient (Wildman–Crippen LogP) is 5.12. The minimum atomic E-state index is -1.75. The molecular formula is C18H16Cl3N3O5S3. The first kappa shape index (κ1) is 25.4. The number of hydrogen-bond acceptors (Lipinski definition) is 8. The summed E-state index contributed by atoms with van der Waals surface area (Å²) in [6, 6.07) is 7.71. The molecule has 2 heterocycles. The molecule has 1 aromatic carbocycles. The summed E-state index contributed by atoms with van der Waals surface area (Å²) in [7, 11) is 2.72. The molecule has 8 nitrogen and oxygen atoms in total. The Labute approximate surface area is 210 Å². The van der Waals surface area contributed by atoms with E-state index in [1.54, 1.807) is 6.92 Å². The first-order valence-electron chi connectivity index (χ1n) is 9.04. The number of rotatable bonds is 8. The maximum atomic E-state index is 12.6. The summed E-state index contributed by atoms with van der Waals surface area (Å²) >= 11 is 18.1. The van der Waals surface area contributed by atoms with E-state index >= 15 is 0 Å². The first-order chi connectivity index (χ1) is 15.0. The molecule has 0 radical (unpaired) electrons. The highest BCUT2D eigenvalue weighted by atomic mass is 35.6. The van der Waals surface area contributed by atoms with Crippen LogP contribution in [0, 0.1) is 11.8 Å². The molecule has 14 heteroatoms. The van der Waals surface area contributed by atoms with E-state index in [0.29, 0.717) is 0 Å². The zero-order chi connectivity index (χ0) is 23.5. The summed E-state index contributed by atoms with van der Waals surface area (Å²) in [5.74, 6) is -2.46. The summed E-state index contributed by atoms with van der Waals surface area (Å²) in [5.41, 5.74) is 0.873. The number of carboxylic acids is 1. The van der Waals surface area contributed by atoms with Gasteiger partial charge in [-0.05, 0) is 22.9 Å². The van der Waals surface area contributed by atoms with E-state index in [-0.39, 0.29) is 5.91 Å². The number of β-lactam (4-membered cyclic amide) rings is 1. The van der Waals surface area contributed by atoms with Crippen LogP contribution in [0.1, 0.15) is 6.92 Å². The maximum absolute atomic E-state index is 12.6. The van der Waals surface area contributed by atoms with Crippen molar-refractivity contribution >= 4 is 102 Å². The van der Waals surface area contributed by atoms with E-state index in [1.807, 2.05) is 24.3 Å². The Morgan fingerprint density at radius 1 is 1.41 bits per heavy atom. The van der Waals surface area contributed by atoms with Gasteiger partial charge in [-0.15, -0.1) is 11.3 Å². The van der Waals surface area contributed by atoms with Gasteiger partial charge >= 0.3 is 12.1 Å². The van der Waals surface area contributed by atoms with Crippen molar-refractivity contribution in [1.29, 1.82) is 0 Å². The van der Waals surface area contributed by atoms with Crippen molar-refractivity contribution in [1.82, 2.24) is 9.88 Å². The second-order valence-corrected chi connectivity index (χ2v) is 12.8. The number of aliphatic carboxylic acids is 1. The molecule has 2 amide bonds. The Bertz CT molecular complexity index is 1010. The molecule has 32 heavy (non-hydrogen) atoms. The van der Waals surface area contributed by atoms with E-state index in [4.69, 9.17) is 44.6 Å². The molecule has 1 N–H and O–H groups in total. The quantitative estimate of drug-likeness (QED) is 0.207. The lowest BCUT2D eigenvalue weighted by molar-refractivity contribution is -0.158. The smallest absolute Gasteiger partial charge is 0.433 e. The highest BCUT2D eigenvalue weighted by Crippen LogP contribution is 2.48. The topological polar surface area (TPSA) is 109 Å². The molecule has 0 spiro atoms. The molecule has 1 aliphatic heterocycles. The maximum Gasteiger partial charge on any atom is 0.433 e. The number of carboxylic acid groups (broad SMARTS) is 1. The minimum Gasteiger partial charge on any atom is -0.480 e. The number of aliphatic imine (C=N–C) groups is 1. The fraction of sp³-hybridized carbons (Fsp3) is 0.389. The predicted molar refractivity (Wildman–Crippen MR) is 129 cm³/mol. The zero-order valence-corrected chi connectivity index (χ0v) is 21.0. The average Bonchev–Trinajstić information content (AvgIpc) is 3.13. The van der Waals surface area contributed by atoms with Gasteiger partial charge in [-0.2, -0.15) is 4.99 Å². The molecule has 0 saturated carbocycles. The molecule has 0 aliphatic carbocycles. The monoisotopic (exact) mass is 555 g/mol. The number of hydrogen-bond donors (Lipinski definition) is 1. The molecule has 172 valence electrons. The molecule has 1 fully saturated rings. The summed E-state index contributed by atoms with van der Waals surface area (Å²) < 4.78 is 4.80. The lowest BCUT2D eigenvalue weighted by atomic mass is 9.86. The van der Waals surface area contributed by atoms with Crippen LogP contribution < -0.4 is 0 Å². The van der Waals surface area contributed by atoms with Crippen LogP contribution in [-0.4, -0.2) is 61.5 Å². The molecule has 0 bridgehead atoms. The largest absolute Gasteiger partial charge is 0.480 e. The van der Waals surface area contributed by atoms with Gasteiger partial charge < -0.3 is 14.7 Å². The van der Waals surface area contributed by atoms with Gasteiger partial charge in [-0.1, -0.05) is 64.7 Å². The number of carbonyl (C=O) groups excluding carboxylic acids is 2. The van der Waals surface area contributed by atoms with Crippen LogP contribution in [0.4, 0.5) is 4.79 Å². The van der Waals surface area contributed by atoms with Crippen LogP contribution in [0.15, 0.2) is 33.6 Å². The number of carbonyl (C=O) groups is 3. The van der Waals surface area contributed by atoms with Gasteiger partial charge in [0.15, 0.2) is 4.34 Å². The van der Waals surface area contributed by atoms with Crippen molar-refractivity contribution < 1.29 is 24.2 Å². The molecular weight excluding hydrogens is 541 g/mol. The van der Waals surface area contributed by atoms with Gasteiger partial charge in [-0.25, -0.2) is 9.78 Å². The highest BCUT2D eigenvalue weighted by Gasteiger charge is 2.50. The Morgan fingerprint density at radius 2 is 2.12 bits per heavy atom. The molecule has 1 aromatic heterocycles. The van der Waals surface area contributed by atoms with Gasteiger partial charge in [0.2, 0.25) is 9.70 Å². The summed E-state index contributed by atoms with van der Waals surface area (Å²) in [6.45, 7) is 0.832. The van der Waals surface area contributed by atoms with Crippen LogP contribution in [0.3, 0.4) is 0 Å². The van der Waals surface area contributed by atoms with Gasteiger partial charge in [0, 0.05) is 12.1 Å². The van der Waals surface area contributed by atoms with Gasteiger partial charge in [0.1, 0.15) is 18.5 Å². The van der Waals surface area contributed by atoms with Crippen LogP contribution in [0.5, 0.6) is 0 Å². The number of likely N-dealkylation sites (tertiary alicyclic amines) is 1.